The van der Waals surface area contributed by atoms with Crippen LogP contribution in [0.15, 0.2) is 36.4 Å². The monoisotopic (exact) mass is 323 g/mol. The lowest BCUT2D eigenvalue weighted by molar-refractivity contribution is 0.0762. The van der Waals surface area contributed by atoms with Crippen molar-refractivity contribution in [1.29, 1.82) is 0 Å². The molecule has 1 aliphatic rings. The Balaban J connectivity index is 1.85. The molecule has 0 aliphatic carbocycles. The SMILES string of the molecule is Cc1ccc([C@@H]2SCCN2C(=O)c2ccc(Cl)cc2)s1. The van der Waals surface area contributed by atoms with Crippen molar-refractivity contribution < 1.29 is 4.79 Å². The second-order valence-electron chi connectivity index (χ2n) is 4.68. The minimum atomic E-state index is 0.0859. The summed E-state index contributed by atoms with van der Waals surface area (Å²) >= 11 is 9.48. The highest BCUT2D eigenvalue weighted by Gasteiger charge is 2.32. The van der Waals surface area contributed by atoms with Crippen LogP contribution in [-0.2, 0) is 0 Å². The van der Waals surface area contributed by atoms with Crippen molar-refractivity contribution in [3.63, 3.8) is 0 Å². The maximum Gasteiger partial charge on any atom is 0.255 e. The van der Waals surface area contributed by atoms with E-state index in [4.69, 9.17) is 11.6 Å². The van der Waals surface area contributed by atoms with E-state index in [0.29, 0.717) is 10.6 Å². The summed E-state index contributed by atoms with van der Waals surface area (Å²) in [5, 5.41) is 0.805. The van der Waals surface area contributed by atoms with E-state index in [0.717, 1.165) is 12.3 Å². The van der Waals surface area contributed by atoms with Gasteiger partial charge in [-0.1, -0.05) is 11.6 Å². The number of halogens is 1. The fraction of sp³-hybridized carbons (Fsp3) is 0.267. The predicted molar refractivity (Wildman–Crippen MR) is 86.7 cm³/mol. The van der Waals surface area contributed by atoms with E-state index >= 15 is 0 Å². The van der Waals surface area contributed by atoms with E-state index in [1.807, 2.05) is 16.7 Å². The number of nitrogens with zero attached hydrogens (tertiary/aromatic N) is 1. The van der Waals surface area contributed by atoms with Crippen molar-refractivity contribution in [2.45, 2.75) is 12.3 Å². The number of aryl methyl sites for hydroxylation is 1. The van der Waals surface area contributed by atoms with Gasteiger partial charge in [-0.25, -0.2) is 0 Å². The average molecular weight is 324 g/mol. The molecule has 2 aromatic rings. The molecule has 0 saturated carbocycles. The van der Waals surface area contributed by atoms with Crippen LogP contribution in [0.1, 0.15) is 25.5 Å². The molecule has 0 radical (unpaired) electrons. The third kappa shape index (κ3) is 2.73. The number of hydrogen-bond donors (Lipinski definition) is 0. The lowest BCUT2D eigenvalue weighted by atomic mass is 10.2. The van der Waals surface area contributed by atoms with Crippen LogP contribution >= 0.6 is 34.7 Å². The molecule has 5 heteroatoms. The van der Waals surface area contributed by atoms with Crippen LogP contribution in [0.4, 0.5) is 0 Å². The quantitative estimate of drug-likeness (QED) is 0.805. The zero-order chi connectivity index (χ0) is 14.1. The van der Waals surface area contributed by atoms with E-state index in [1.54, 1.807) is 35.6 Å². The van der Waals surface area contributed by atoms with Gasteiger partial charge >= 0.3 is 0 Å². The first-order chi connectivity index (χ1) is 9.65. The molecule has 1 saturated heterocycles. The molecular weight excluding hydrogens is 310 g/mol. The Hall–Kier alpha value is -0.970. The van der Waals surface area contributed by atoms with E-state index in [1.165, 1.54) is 9.75 Å². The van der Waals surface area contributed by atoms with E-state index < -0.39 is 0 Å². The Morgan fingerprint density at radius 1 is 1.25 bits per heavy atom. The molecule has 0 N–H and O–H groups in total. The third-order valence-corrected chi connectivity index (χ3v) is 5.94. The summed E-state index contributed by atoms with van der Waals surface area (Å²) in [6.07, 6.45) is 0. The third-order valence-electron chi connectivity index (χ3n) is 3.25. The van der Waals surface area contributed by atoms with Gasteiger partial charge in [-0.2, -0.15) is 0 Å². The van der Waals surface area contributed by atoms with Crippen LogP contribution in [0.2, 0.25) is 5.02 Å². The Kier molecular flexibility index (Phi) is 4.06. The number of rotatable bonds is 2. The predicted octanol–water partition coefficient (Wildman–Crippen LogP) is 4.60. The molecule has 2 heterocycles. The Morgan fingerprint density at radius 3 is 2.65 bits per heavy atom. The normalized spacial score (nSPS) is 18.5. The van der Waals surface area contributed by atoms with Gasteiger partial charge < -0.3 is 4.90 Å². The number of carbonyl (C=O) groups is 1. The molecule has 1 fully saturated rings. The molecule has 1 atom stereocenters. The van der Waals surface area contributed by atoms with E-state index in [2.05, 4.69) is 19.1 Å². The van der Waals surface area contributed by atoms with Crippen LogP contribution in [-0.4, -0.2) is 23.1 Å². The molecule has 20 heavy (non-hydrogen) atoms. The van der Waals surface area contributed by atoms with Crippen molar-refractivity contribution in [2.75, 3.05) is 12.3 Å². The van der Waals surface area contributed by atoms with Crippen LogP contribution in [0.5, 0.6) is 0 Å². The first-order valence-corrected chi connectivity index (χ1v) is 8.64. The van der Waals surface area contributed by atoms with Crippen LogP contribution in [0, 0.1) is 6.92 Å². The Labute approximate surface area is 131 Å². The van der Waals surface area contributed by atoms with Gasteiger partial charge in [-0.3, -0.25) is 4.79 Å². The molecule has 104 valence electrons. The fourth-order valence-electron chi connectivity index (χ4n) is 2.26. The highest BCUT2D eigenvalue weighted by molar-refractivity contribution is 7.99. The van der Waals surface area contributed by atoms with Crippen molar-refractivity contribution in [1.82, 2.24) is 4.90 Å². The topological polar surface area (TPSA) is 20.3 Å². The molecule has 1 aromatic carbocycles. The summed E-state index contributed by atoms with van der Waals surface area (Å²) in [5.41, 5.74) is 0.704. The van der Waals surface area contributed by atoms with Crippen molar-refractivity contribution >= 4 is 40.6 Å². The largest absolute Gasteiger partial charge is 0.321 e. The van der Waals surface area contributed by atoms with Gasteiger partial charge in [0.2, 0.25) is 0 Å². The zero-order valence-corrected chi connectivity index (χ0v) is 13.4. The minimum absolute atomic E-state index is 0.0859. The van der Waals surface area contributed by atoms with Gasteiger partial charge in [0.25, 0.3) is 5.91 Å². The summed E-state index contributed by atoms with van der Waals surface area (Å²) in [7, 11) is 0. The molecule has 3 rings (SSSR count). The summed E-state index contributed by atoms with van der Waals surface area (Å²) in [5.74, 6) is 1.07. The highest BCUT2D eigenvalue weighted by atomic mass is 35.5. The summed E-state index contributed by atoms with van der Waals surface area (Å²) in [4.78, 5) is 17.1. The van der Waals surface area contributed by atoms with Crippen molar-refractivity contribution in [2.24, 2.45) is 0 Å². The first-order valence-electron chi connectivity index (χ1n) is 6.39. The second kappa shape index (κ2) is 5.80. The zero-order valence-electron chi connectivity index (χ0n) is 11.0. The fourth-order valence-corrected chi connectivity index (χ4v) is 4.75. The van der Waals surface area contributed by atoms with Gasteiger partial charge in [0.1, 0.15) is 5.37 Å². The first kappa shape index (κ1) is 14.0. The Bertz CT molecular complexity index is 623. The summed E-state index contributed by atoms with van der Waals surface area (Å²) < 4.78 is 0. The number of hydrogen-bond acceptors (Lipinski definition) is 3. The maximum atomic E-state index is 12.6. The molecule has 1 aliphatic heterocycles. The van der Waals surface area contributed by atoms with Crippen LogP contribution < -0.4 is 0 Å². The molecule has 1 amide bonds. The molecule has 0 bridgehead atoms. The van der Waals surface area contributed by atoms with Crippen LogP contribution in [0.3, 0.4) is 0 Å². The Morgan fingerprint density at radius 2 is 2.00 bits per heavy atom. The number of benzene rings is 1. The molecule has 1 aromatic heterocycles. The smallest absolute Gasteiger partial charge is 0.255 e. The van der Waals surface area contributed by atoms with E-state index in [-0.39, 0.29) is 11.3 Å². The highest BCUT2D eigenvalue weighted by Crippen LogP contribution is 2.41. The second-order valence-corrected chi connectivity index (χ2v) is 7.62. The maximum absolute atomic E-state index is 12.6. The lowest BCUT2D eigenvalue weighted by Crippen LogP contribution is -2.30. The molecule has 0 unspecified atom stereocenters. The van der Waals surface area contributed by atoms with Gasteiger partial charge in [-0.05, 0) is 43.3 Å². The number of thiophene rings is 1. The number of amides is 1. The summed E-state index contributed by atoms with van der Waals surface area (Å²) in [6.45, 7) is 2.90. The summed E-state index contributed by atoms with van der Waals surface area (Å²) in [6, 6.07) is 11.4. The van der Waals surface area contributed by atoms with Crippen molar-refractivity contribution in [3.05, 3.63) is 56.7 Å². The van der Waals surface area contributed by atoms with Gasteiger partial charge in [0, 0.05) is 32.6 Å². The van der Waals surface area contributed by atoms with Gasteiger partial charge in [-0.15, -0.1) is 23.1 Å². The van der Waals surface area contributed by atoms with Gasteiger partial charge in [0.15, 0.2) is 0 Å². The van der Waals surface area contributed by atoms with E-state index in [9.17, 15) is 4.79 Å². The van der Waals surface area contributed by atoms with Crippen molar-refractivity contribution in [3.8, 4) is 0 Å². The number of thioether (sulfide) groups is 1. The molecule has 0 spiro atoms. The molecular formula is C15H14ClNOS2. The lowest BCUT2D eigenvalue weighted by Gasteiger charge is -2.23. The van der Waals surface area contributed by atoms with Gasteiger partial charge in [0.05, 0.1) is 0 Å². The standard InChI is InChI=1S/C15H14ClNOS2/c1-10-2-7-13(20-10)15-17(8-9-19-15)14(18)11-3-5-12(16)6-4-11/h2-7,15H,8-9H2,1H3/t15-/m0/s1. The van der Waals surface area contributed by atoms with Crippen LogP contribution in [0.25, 0.3) is 0 Å². The average Bonchev–Trinajstić information content (AvgIpc) is 3.07. The molecule has 2 nitrogen and oxygen atoms in total. The number of carbonyl (C=O) groups excluding carboxylic acids is 1. The minimum Gasteiger partial charge on any atom is -0.321 e.